The molecule has 0 aromatic heterocycles. The average molecular weight is 779 g/mol. The molecule has 312 valence electrons. The third kappa shape index (κ3) is 41.1. The smallest absolute Gasteiger partial charge is 0.457 e. The van der Waals surface area contributed by atoms with Gasteiger partial charge in [-0.1, -0.05) is 145 Å². The second-order valence-electron chi connectivity index (χ2n) is 15.0. The Morgan fingerprint density at radius 1 is 0.593 bits per heavy atom. The van der Waals surface area contributed by atoms with Gasteiger partial charge in [0.2, 0.25) is 0 Å². The summed E-state index contributed by atoms with van der Waals surface area (Å²) in [6.07, 6.45) is 48.1. The van der Waals surface area contributed by atoms with E-state index in [0.717, 1.165) is 44.9 Å². The highest BCUT2D eigenvalue weighted by atomic mass is 31.2. The molecule has 0 heterocycles. The number of quaternary nitrogens is 1. The standard InChI is InChI=1S/C45H80NO7P/c1-6-8-10-12-14-16-18-20-21-22-23-24-25-27-29-31-33-35-37-40-50-42-44(43-52-54(48,49)51-41-39-46(3,4)5)53-45(47)38-36-34-32-30-28-26-19-17-15-13-11-9-7-2/h9,11,15-18,21-22,26,28,32,34,44H,6-8,10,12-14,19-20,23-25,27,29-31,33,35-43H2,1-5H3/p+1/b11-9-,17-15-,18-16-,22-21-,28-26-,34-32-. The summed E-state index contributed by atoms with van der Waals surface area (Å²) in [5.41, 5.74) is 0. The van der Waals surface area contributed by atoms with Gasteiger partial charge in [0.1, 0.15) is 19.3 Å². The first kappa shape index (κ1) is 51.9. The number of rotatable bonds is 38. The Morgan fingerprint density at radius 3 is 1.61 bits per heavy atom. The largest absolute Gasteiger partial charge is 0.472 e. The molecule has 2 atom stereocenters. The first-order valence-electron chi connectivity index (χ1n) is 21.2. The second kappa shape index (κ2) is 37.8. The van der Waals surface area contributed by atoms with Gasteiger partial charge in [-0.15, -0.1) is 0 Å². The zero-order valence-corrected chi connectivity index (χ0v) is 36.1. The predicted molar refractivity (Wildman–Crippen MR) is 228 cm³/mol. The second-order valence-corrected chi connectivity index (χ2v) is 16.4. The number of nitrogens with zero attached hydrogens (tertiary/aromatic N) is 1. The third-order valence-electron chi connectivity index (χ3n) is 8.52. The highest BCUT2D eigenvalue weighted by Gasteiger charge is 2.26. The Bertz CT molecular complexity index is 1090. The molecule has 0 amide bonds. The molecular weight excluding hydrogens is 697 g/mol. The molecule has 0 rings (SSSR count). The van der Waals surface area contributed by atoms with Crippen molar-refractivity contribution in [3.05, 3.63) is 72.9 Å². The Kier molecular flexibility index (Phi) is 36.4. The van der Waals surface area contributed by atoms with E-state index in [4.69, 9.17) is 18.5 Å². The number of hydrogen-bond donors (Lipinski definition) is 1. The number of esters is 1. The van der Waals surface area contributed by atoms with Crippen LogP contribution in [0.3, 0.4) is 0 Å². The van der Waals surface area contributed by atoms with Gasteiger partial charge in [-0.2, -0.15) is 0 Å². The van der Waals surface area contributed by atoms with Crippen molar-refractivity contribution in [3.8, 4) is 0 Å². The molecule has 0 aliphatic carbocycles. The zero-order chi connectivity index (χ0) is 39.9. The van der Waals surface area contributed by atoms with Crippen molar-refractivity contribution in [2.24, 2.45) is 0 Å². The van der Waals surface area contributed by atoms with Gasteiger partial charge in [0.05, 0.1) is 34.4 Å². The zero-order valence-electron chi connectivity index (χ0n) is 35.2. The van der Waals surface area contributed by atoms with E-state index in [1.54, 1.807) is 0 Å². The summed E-state index contributed by atoms with van der Waals surface area (Å²) in [6.45, 7) is 5.35. The molecule has 0 saturated carbocycles. The lowest BCUT2D eigenvalue weighted by Crippen LogP contribution is -2.37. The lowest BCUT2D eigenvalue weighted by molar-refractivity contribution is -0.870. The molecule has 2 unspecified atom stereocenters. The Balaban J connectivity index is 4.33. The summed E-state index contributed by atoms with van der Waals surface area (Å²) in [4.78, 5) is 22.8. The van der Waals surface area contributed by atoms with Crippen molar-refractivity contribution in [2.45, 2.75) is 155 Å². The first-order valence-corrected chi connectivity index (χ1v) is 22.7. The van der Waals surface area contributed by atoms with Crippen molar-refractivity contribution in [2.75, 3.05) is 54.1 Å². The molecule has 0 aromatic rings. The van der Waals surface area contributed by atoms with E-state index in [1.807, 2.05) is 33.3 Å². The van der Waals surface area contributed by atoms with Crippen molar-refractivity contribution in [1.29, 1.82) is 0 Å². The molecule has 0 aliphatic rings. The van der Waals surface area contributed by atoms with Crippen LogP contribution < -0.4 is 0 Å². The molecule has 9 heteroatoms. The number of phosphoric acid groups is 1. The van der Waals surface area contributed by atoms with E-state index >= 15 is 0 Å². The SMILES string of the molecule is CC/C=C\C/C=C\C/C=C\C/C=C\CCC(=O)OC(COCCCCCCCCCC/C=C\C/C=C\CCCCCC)COP(=O)(O)OCC[N+](C)(C)C. The van der Waals surface area contributed by atoms with Crippen molar-refractivity contribution in [3.63, 3.8) is 0 Å². The summed E-state index contributed by atoms with van der Waals surface area (Å²) < 4.78 is 34.8. The van der Waals surface area contributed by atoms with Gasteiger partial charge in [-0.25, -0.2) is 4.57 Å². The minimum atomic E-state index is -4.30. The third-order valence-corrected chi connectivity index (χ3v) is 9.50. The molecule has 54 heavy (non-hydrogen) atoms. The molecule has 0 radical (unpaired) electrons. The van der Waals surface area contributed by atoms with Crippen molar-refractivity contribution < 1.29 is 37.3 Å². The normalized spacial score (nSPS) is 14.6. The molecule has 0 aliphatic heterocycles. The lowest BCUT2D eigenvalue weighted by atomic mass is 10.1. The van der Waals surface area contributed by atoms with Crippen LogP contribution in [0.5, 0.6) is 0 Å². The number of allylic oxidation sites excluding steroid dienone is 12. The van der Waals surface area contributed by atoms with Crippen LogP contribution in [0.15, 0.2) is 72.9 Å². The monoisotopic (exact) mass is 779 g/mol. The molecular formula is C45H81NO7P+. The van der Waals surface area contributed by atoms with E-state index in [0.29, 0.717) is 24.1 Å². The lowest BCUT2D eigenvalue weighted by Gasteiger charge is -2.24. The van der Waals surface area contributed by atoms with Crippen LogP contribution in [0.25, 0.3) is 0 Å². The van der Waals surface area contributed by atoms with E-state index in [1.165, 1.54) is 77.0 Å². The van der Waals surface area contributed by atoms with Crippen molar-refractivity contribution in [1.82, 2.24) is 0 Å². The molecule has 8 nitrogen and oxygen atoms in total. The molecule has 0 bridgehead atoms. The summed E-state index contributed by atoms with van der Waals surface area (Å²) >= 11 is 0. The topological polar surface area (TPSA) is 91.3 Å². The Morgan fingerprint density at radius 2 is 1.07 bits per heavy atom. The maximum atomic E-state index is 12.6. The summed E-state index contributed by atoms with van der Waals surface area (Å²) in [7, 11) is 1.61. The van der Waals surface area contributed by atoms with Crippen LogP contribution in [0.4, 0.5) is 0 Å². The molecule has 0 saturated heterocycles. The number of carbonyl (C=O) groups is 1. The van der Waals surface area contributed by atoms with Gasteiger partial charge in [0.25, 0.3) is 0 Å². The summed E-state index contributed by atoms with van der Waals surface area (Å²) in [5, 5.41) is 0. The number of hydrogen-bond acceptors (Lipinski definition) is 6. The van der Waals surface area contributed by atoms with Crippen LogP contribution in [0.2, 0.25) is 0 Å². The predicted octanol–water partition coefficient (Wildman–Crippen LogP) is 12.3. The Hall–Kier alpha value is -2.06. The fraction of sp³-hybridized carbons (Fsp3) is 0.711. The highest BCUT2D eigenvalue weighted by molar-refractivity contribution is 7.47. The van der Waals surface area contributed by atoms with Gasteiger partial charge in [0, 0.05) is 13.0 Å². The molecule has 0 spiro atoms. The molecule has 0 fully saturated rings. The minimum Gasteiger partial charge on any atom is -0.457 e. The van der Waals surface area contributed by atoms with Crippen molar-refractivity contribution >= 4 is 13.8 Å². The number of likely N-dealkylation sites (N-methyl/N-ethyl adjacent to an activating group) is 1. The molecule has 1 N–H and O–H groups in total. The maximum Gasteiger partial charge on any atom is 0.472 e. The maximum absolute atomic E-state index is 12.6. The fourth-order valence-electron chi connectivity index (χ4n) is 5.24. The number of carbonyl (C=O) groups excluding carboxylic acids is 1. The van der Waals surface area contributed by atoms with Crippen LogP contribution in [-0.2, 0) is 27.9 Å². The summed E-state index contributed by atoms with van der Waals surface area (Å²) in [6, 6.07) is 0. The van der Waals surface area contributed by atoms with Crippen LogP contribution in [0.1, 0.15) is 149 Å². The first-order chi connectivity index (χ1) is 26.1. The minimum absolute atomic E-state index is 0.0713. The van der Waals surface area contributed by atoms with Gasteiger partial charge >= 0.3 is 13.8 Å². The van der Waals surface area contributed by atoms with Gasteiger partial charge in [-0.3, -0.25) is 13.8 Å². The highest BCUT2D eigenvalue weighted by Crippen LogP contribution is 2.43. The van der Waals surface area contributed by atoms with Gasteiger partial charge < -0.3 is 18.9 Å². The van der Waals surface area contributed by atoms with E-state index in [9.17, 15) is 14.3 Å². The van der Waals surface area contributed by atoms with E-state index in [2.05, 4.69) is 74.6 Å². The van der Waals surface area contributed by atoms with Gasteiger partial charge in [-0.05, 0) is 70.6 Å². The van der Waals surface area contributed by atoms with Crippen LogP contribution in [0, 0.1) is 0 Å². The number of phosphoric ester groups is 1. The van der Waals surface area contributed by atoms with E-state index in [-0.39, 0.29) is 26.2 Å². The summed E-state index contributed by atoms with van der Waals surface area (Å²) in [5.74, 6) is -0.398. The average Bonchev–Trinajstić information content (AvgIpc) is 3.12. The fourth-order valence-corrected chi connectivity index (χ4v) is 5.98. The van der Waals surface area contributed by atoms with Gasteiger partial charge in [0.15, 0.2) is 0 Å². The molecule has 0 aromatic carbocycles. The number of ether oxygens (including phenoxy) is 2. The number of unbranched alkanes of at least 4 members (excludes halogenated alkanes) is 12. The van der Waals surface area contributed by atoms with E-state index < -0.39 is 19.9 Å². The quantitative estimate of drug-likeness (QED) is 0.0219. The van der Waals surface area contributed by atoms with Crippen LogP contribution >= 0.6 is 7.82 Å². The van der Waals surface area contributed by atoms with Crippen LogP contribution in [-0.4, -0.2) is 75.6 Å². The Labute approximate surface area is 332 Å².